The van der Waals surface area contributed by atoms with Crippen molar-refractivity contribution in [1.29, 1.82) is 0 Å². The van der Waals surface area contributed by atoms with Crippen LogP contribution in [0.4, 0.5) is 5.13 Å². The number of anilines is 1. The van der Waals surface area contributed by atoms with Crippen molar-refractivity contribution in [3.05, 3.63) is 29.6 Å². The maximum atomic E-state index is 5.48. The zero-order valence-corrected chi connectivity index (χ0v) is 17.8. The molecule has 2 aromatic rings. The summed E-state index contributed by atoms with van der Waals surface area (Å²) < 4.78 is 15.1. The number of benzene rings is 1. The van der Waals surface area contributed by atoms with Gasteiger partial charge in [-0.2, -0.15) is 4.37 Å². The molecule has 1 aliphatic heterocycles. The molecule has 1 N–H and O–H groups in total. The predicted molar refractivity (Wildman–Crippen MR) is 113 cm³/mol. The Hall–Kier alpha value is -2.55. The highest BCUT2D eigenvalue weighted by Crippen LogP contribution is 2.24. The Kier molecular flexibility index (Phi) is 6.91. The van der Waals surface area contributed by atoms with E-state index in [9.17, 15) is 0 Å². The van der Waals surface area contributed by atoms with Crippen molar-refractivity contribution < 1.29 is 9.47 Å². The summed E-state index contributed by atoms with van der Waals surface area (Å²) in [5.41, 5.74) is 1.06. The first-order chi connectivity index (χ1) is 13.7. The number of hydrogen-bond acceptors (Lipinski definition) is 7. The van der Waals surface area contributed by atoms with Crippen LogP contribution in [0, 0.1) is 0 Å². The van der Waals surface area contributed by atoms with Gasteiger partial charge in [-0.3, -0.25) is 4.99 Å². The van der Waals surface area contributed by atoms with E-state index in [0.29, 0.717) is 6.54 Å². The number of nitrogens with one attached hydrogen (secondary N) is 1. The van der Waals surface area contributed by atoms with Gasteiger partial charge in [0.25, 0.3) is 0 Å². The first-order valence-corrected chi connectivity index (χ1v) is 10.2. The Morgan fingerprint density at radius 3 is 2.61 bits per heavy atom. The lowest BCUT2D eigenvalue weighted by Gasteiger charge is -2.36. The van der Waals surface area contributed by atoms with E-state index < -0.39 is 0 Å². The Balaban J connectivity index is 1.56. The normalized spacial score (nSPS) is 14.9. The summed E-state index contributed by atoms with van der Waals surface area (Å²) in [5, 5.41) is 4.46. The zero-order chi connectivity index (χ0) is 19.9. The van der Waals surface area contributed by atoms with E-state index in [1.807, 2.05) is 25.2 Å². The second-order valence-corrected chi connectivity index (χ2v) is 7.13. The van der Waals surface area contributed by atoms with Gasteiger partial charge in [0.15, 0.2) is 5.96 Å². The van der Waals surface area contributed by atoms with Crippen molar-refractivity contribution in [3.8, 4) is 11.5 Å². The minimum absolute atomic E-state index is 0.635. The highest BCUT2D eigenvalue weighted by atomic mass is 32.1. The van der Waals surface area contributed by atoms with Crippen LogP contribution in [0.1, 0.15) is 18.3 Å². The summed E-state index contributed by atoms with van der Waals surface area (Å²) in [4.78, 5) is 13.6. The maximum Gasteiger partial charge on any atom is 0.205 e. The van der Waals surface area contributed by atoms with Crippen LogP contribution in [0.3, 0.4) is 0 Å². The van der Waals surface area contributed by atoms with Crippen LogP contribution in [-0.4, -0.2) is 67.7 Å². The number of methoxy groups -OCH3 is 2. The topological polar surface area (TPSA) is 75.1 Å². The lowest BCUT2D eigenvalue weighted by atomic mass is 10.2. The molecule has 0 amide bonds. The Morgan fingerprint density at radius 1 is 1.21 bits per heavy atom. The second kappa shape index (κ2) is 9.59. The summed E-state index contributed by atoms with van der Waals surface area (Å²) in [6, 6.07) is 5.84. The fourth-order valence-corrected chi connectivity index (χ4v) is 3.93. The van der Waals surface area contributed by atoms with Crippen molar-refractivity contribution in [2.45, 2.75) is 19.9 Å². The Labute approximate surface area is 170 Å². The van der Waals surface area contributed by atoms with Gasteiger partial charge in [-0.25, -0.2) is 4.98 Å². The van der Waals surface area contributed by atoms with Crippen LogP contribution in [0.15, 0.2) is 23.2 Å². The van der Waals surface area contributed by atoms with E-state index in [1.54, 1.807) is 14.2 Å². The number of guanidine groups is 1. The first-order valence-electron chi connectivity index (χ1n) is 9.42. The Bertz CT molecular complexity index is 801. The molecule has 8 nitrogen and oxygen atoms in total. The SMILES string of the molecule is CCc1nsc(N2CCN(C(=NC)NCc3ccc(OC)cc3OC)CC2)n1. The summed E-state index contributed by atoms with van der Waals surface area (Å²) in [7, 11) is 5.14. The van der Waals surface area contributed by atoms with Crippen LogP contribution in [-0.2, 0) is 13.0 Å². The van der Waals surface area contributed by atoms with Crippen LogP contribution >= 0.6 is 11.5 Å². The summed E-state index contributed by atoms with van der Waals surface area (Å²) in [5.74, 6) is 3.40. The third kappa shape index (κ3) is 4.64. The first kappa shape index (κ1) is 20.2. The molecule has 9 heteroatoms. The van der Waals surface area contributed by atoms with Crippen molar-refractivity contribution in [2.24, 2.45) is 4.99 Å². The molecule has 0 saturated carbocycles. The molecule has 28 heavy (non-hydrogen) atoms. The van der Waals surface area contributed by atoms with Gasteiger partial charge >= 0.3 is 0 Å². The molecule has 0 unspecified atom stereocenters. The quantitative estimate of drug-likeness (QED) is 0.583. The average Bonchev–Trinajstić information content (AvgIpc) is 3.24. The summed E-state index contributed by atoms with van der Waals surface area (Å²) in [6.45, 7) is 6.31. The van der Waals surface area contributed by atoms with Crippen molar-refractivity contribution in [2.75, 3.05) is 52.3 Å². The molecule has 0 aliphatic carbocycles. The fourth-order valence-electron chi connectivity index (χ4n) is 3.13. The molecule has 2 heterocycles. The van der Waals surface area contributed by atoms with Crippen molar-refractivity contribution in [3.63, 3.8) is 0 Å². The van der Waals surface area contributed by atoms with Gasteiger partial charge < -0.3 is 24.6 Å². The standard InChI is InChI=1S/C19H28N6O2S/c1-5-17-22-19(28-23-17)25-10-8-24(9-11-25)18(20-2)21-13-14-6-7-15(26-3)12-16(14)27-4/h6-7,12H,5,8-11,13H2,1-4H3,(H,20,21). The highest BCUT2D eigenvalue weighted by Gasteiger charge is 2.22. The molecule has 1 fully saturated rings. The zero-order valence-electron chi connectivity index (χ0n) is 16.9. The fraction of sp³-hybridized carbons (Fsp3) is 0.526. The smallest absolute Gasteiger partial charge is 0.205 e. The van der Waals surface area contributed by atoms with Crippen LogP contribution < -0.4 is 19.7 Å². The molecule has 1 aromatic carbocycles. The van der Waals surface area contributed by atoms with Gasteiger partial charge in [0, 0.05) is 69.4 Å². The monoisotopic (exact) mass is 404 g/mol. The number of piperazine rings is 1. The Morgan fingerprint density at radius 2 is 2.00 bits per heavy atom. The van der Waals surface area contributed by atoms with Gasteiger partial charge in [0.1, 0.15) is 17.3 Å². The van der Waals surface area contributed by atoms with E-state index in [4.69, 9.17) is 9.47 Å². The summed E-state index contributed by atoms with van der Waals surface area (Å²) in [6.07, 6.45) is 0.877. The molecule has 1 aliphatic rings. The minimum atomic E-state index is 0.635. The molecule has 0 bridgehead atoms. The minimum Gasteiger partial charge on any atom is -0.497 e. The number of ether oxygens (including phenoxy) is 2. The molecule has 0 atom stereocenters. The summed E-state index contributed by atoms with van der Waals surface area (Å²) >= 11 is 1.49. The van der Waals surface area contributed by atoms with E-state index >= 15 is 0 Å². The molecule has 1 aromatic heterocycles. The third-order valence-corrected chi connectivity index (χ3v) is 5.58. The van der Waals surface area contributed by atoms with Crippen LogP contribution in [0.25, 0.3) is 0 Å². The lowest BCUT2D eigenvalue weighted by molar-refractivity contribution is 0.370. The number of rotatable bonds is 6. The van der Waals surface area contributed by atoms with E-state index in [1.165, 1.54) is 11.5 Å². The third-order valence-electron chi connectivity index (χ3n) is 4.77. The van der Waals surface area contributed by atoms with Gasteiger partial charge in [-0.15, -0.1) is 0 Å². The van der Waals surface area contributed by atoms with Crippen LogP contribution in [0.2, 0.25) is 0 Å². The molecular weight excluding hydrogens is 376 g/mol. The molecule has 152 valence electrons. The molecule has 1 saturated heterocycles. The van der Waals surface area contributed by atoms with Crippen molar-refractivity contribution in [1.82, 2.24) is 19.6 Å². The van der Waals surface area contributed by atoms with Gasteiger partial charge in [0.05, 0.1) is 14.2 Å². The molecule has 0 spiro atoms. The number of aryl methyl sites for hydroxylation is 1. The highest BCUT2D eigenvalue weighted by molar-refractivity contribution is 7.09. The van der Waals surface area contributed by atoms with Crippen LogP contribution in [0.5, 0.6) is 11.5 Å². The molecule has 3 rings (SSSR count). The van der Waals surface area contributed by atoms with E-state index in [-0.39, 0.29) is 0 Å². The second-order valence-electron chi connectivity index (χ2n) is 6.40. The molecule has 0 radical (unpaired) electrons. The number of hydrogen-bond donors (Lipinski definition) is 1. The lowest BCUT2D eigenvalue weighted by Crippen LogP contribution is -2.52. The predicted octanol–water partition coefficient (Wildman–Crippen LogP) is 2.02. The van der Waals surface area contributed by atoms with Gasteiger partial charge in [-0.05, 0) is 12.1 Å². The number of aromatic nitrogens is 2. The average molecular weight is 405 g/mol. The van der Waals surface area contributed by atoms with Gasteiger partial charge in [0.2, 0.25) is 5.13 Å². The number of nitrogens with zero attached hydrogens (tertiary/aromatic N) is 5. The van der Waals surface area contributed by atoms with Crippen molar-refractivity contribution >= 4 is 22.6 Å². The largest absolute Gasteiger partial charge is 0.497 e. The molecular formula is C19H28N6O2S. The van der Waals surface area contributed by atoms with E-state index in [2.05, 4.69) is 36.4 Å². The van der Waals surface area contributed by atoms with Gasteiger partial charge in [-0.1, -0.05) is 6.92 Å². The maximum absolute atomic E-state index is 5.48. The number of aliphatic imine (C=N–C) groups is 1. The van der Waals surface area contributed by atoms with E-state index in [0.717, 1.165) is 66.6 Å².